The van der Waals surface area contributed by atoms with Crippen molar-refractivity contribution in [1.29, 1.82) is 0 Å². The second-order valence-electron chi connectivity index (χ2n) is 4.04. The minimum Gasteiger partial charge on any atom is -0.399 e. The van der Waals surface area contributed by atoms with Gasteiger partial charge in [0.15, 0.2) is 5.82 Å². The fourth-order valence-corrected chi connectivity index (χ4v) is 4.65. The summed E-state index contributed by atoms with van der Waals surface area (Å²) in [6.07, 6.45) is 0. The summed E-state index contributed by atoms with van der Waals surface area (Å²) in [5.74, 6) is -0.898. The van der Waals surface area contributed by atoms with Crippen LogP contribution in [-0.4, -0.2) is 8.42 Å². The molecule has 9 heteroatoms. The second-order valence-corrected chi connectivity index (χ2v) is 8.32. The van der Waals surface area contributed by atoms with Crippen molar-refractivity contribution >= 4 is 69.2 Å². The molecular weight excluding hydrogens is 495 g/mol. The van der Waals surface area contributed by atoms with Crippen molar-refractivity contribution in [3.8, 4) is 0 Å². The lowest BCUT2D eigenvalue weighted by Crippen LogP contribution is -2.15. The molecule has 0 aliphatic carbocycles. The molecular formula is C12H8Br3FN2O2S. The van der Waals surface area contributed by atoms with Crippen molar-refractivity contribution in [2.24, 2.45) is 0 Å². The first-order chi connectivity index (χ1) is 9.70. The molecule has 0 atom stereocenters. The Hall–Kier alpha value is -0.640. The summed E-state index contributed by atoms with van der Waals surface area (Å²) in [6.45, 7) is 0. The topological polar surface area (TPSA) is 72.2 Å². The average molecular weight is 503 g/mol. The van der Waals surface area contributed by atoms with E-state index in [4.69, 9.17) is 5.73 Å². The van der Waals surface area contributed by atoms with Gasteiger partial charge in [-0.15, -0.1) is 0 Å². The van der Waals surface area contributed by atoms with E-state index in [0.717, 1.165) is 10.5 Å². The van der Waals surface area contributed by atoms with Crippen LogP contribution >= 0.6 is 47.8 Å². The number of hydrogen-bond acceptors (Lipinski definition) is 3. The first-order valence-electron chi connectivity index (χ1n) is 5.43. The van der Waals surface area contributed by atoms with E-state index in [1.165, 1.54) is 6.07 Å². The van der Waals surface area contributed by atoms with Crippen LogP contribution in [0.3, 0.4) is 0 Å². The van der Waals surface area contributed by atoms with Crippen LogP contribution in [-0.2, 0) is 10.0 Å². The Morgan fingerprint density at radius 3 is 2.33 bits per heavy atom. The molecule has 0 radical (unpaired) electrons. The number of halogens is 4. The Bertz CT molecular complexity index is 812. The van der Waals surface area contributed by atoms with Gasteiger partial charge in [-0.25, -0.2) is 12.8 Å². The third-order valence-electron chi connectivity index (χ3n) is 2.48. The van der Waals surface area contributed by atoms with E-state index in [9.17, 15) is 12.8 Å². The Morgan fingerprint density at radius 2 is 1.71 bits per heavy atom. The first kappa shape index (κ1) is 16.7. The third kappa shape index (κ3) is 3.77. The molecule has 2 aromatic rings. The van der Waals surface area contributed by atoms with Crippen LogP contribution in [0.1, 0.15) is 0 Å². The maximum absolute atomic E-state index is 14.0. The van der Waals surface area contributed by atoms with Gasteiger partial charge in [0.2, 0.25) is 0 Å². The van der Waals surface area contributed by atoms with Gasteiger partial charge in [0.25, 0.3) is 10.0 Å². The van der Waals surface area contributed by atoms with Crippen LogP contribution < -0.4 is 10.5 Å². The number of nitrogens with one attached hydrogen (secondary N) is 1. The van der Waals surface area contributed by atoms with Gasteiger partial charge < -0.3 is 5.73 Å². The molecule has 0 spiro atoms. The van der Waals surface area contributed by atoms with E-state index < -0.39 is 20.7 Å². The Balaban J connectivity index is 2.48. The van der Waals surface area contributed by atoms with Gasteiger partial charge in [-0.1, -0.05) is 15.9 Å². The van der Waals surface area contributed by atoms with E-state index >= 15 is 0 Å². The van der Waals surface area contributed by atoms with E-state index in [1.807, 2.05) is 0 Å². The molecule has 0 unspecified atom stereocenters. The summed E-state index contributed by atoms with van der Waals surface area (Å²) in [5, 5.41) is 0. The molecule has 4 nitrogen and oxygen atoms in total. The van der Waals surface area contributed by atoms with Crippen LogP contribution in [0.25, 0.3) is 0 Å². The maximum atomic E-state index is 14.0. The quantitative estimate of drug-likeness (QED) is 0.607. The number of nitrogens with two attached hydrogens (primary N) is 1. The van der Waals surface area contributed by atoms with E-state index in [2.05, 4.69) is 52.5 Å². The van der Waals surface area contributed by atoms with Gasteiger partial charge >= 0.3 is 0 Å². The van der Waals surface area contributed by atoms with Gasteiger partial charge in [-0.05, 0) is 62.2 Å². The Labute approximate surface area is 146 Å². The van der Waals surface area contributed by atoms with Crippen molar-refractivity contribution in [2.75, 3.05) is 10.5 Å². The van der Waals surface area contributed by atoms with E-state index in [-0.39, 0.29) is 15.8 Å². The van der Waals surface area contributed by atoms with Crippen LogP contribution in [0.15, 0.2) is 48.6 Å². The highest BCUT2D eigenvalue weighted by Gasteiger charge is 2.22. The predicted octanol–water partition coefficient (Wildman–Crippen LogP) is 4.50. The molecule has 0 amide bonds. The van der Waals surface area contributed by atoms with Gasteiger partial charge in [-0.3, -0.25) is 4.72 Å². The standard InChI is InChI=1S/C12H8Br3FN2O2S/c13-6-1-2-10(8(14)3-6)18-21(19,20)11-5-7(17)4-9(15)12(11)16/h1-5,18H,17H2. The van der Waals surface area contributed by atoms with Gasteiger partial charge in [0.1, 0.15) is 4.90 Å². The molecule has 112 valence electrons. The van der Waals surface area contributed by atoms with Crippen molar-refractivity contribution in [3.63, 3.8) is 0 Å². The molecule has 3 N–H and O–H groups in total. The second kappa shape index (κ2) is 6.23. The third-order valence-corrected chi connectivity index (χ3v) is 5.57. The Morgan fingerprint density at radius 1 is 1.05 bits per heavy atom. The zero-order chi connectivity index (χ0) is 15.8. The predicted molar refractivity (Wildman–Crippen MR) is 91.2 cm³/mol. The highest BCUT2D eigenvalue weighted by molar-refractivity contribution is 9.11. The fourth-order valence-electron chi connectivity index (χ4n) is 1.55. The number of nitrogen functional groups attached to an aromatic ring is 1. The van der Waals surface area contributed by atoms with Gasteiger partial charge in [0.05, 0.1) is 10.2 Å². The number of anilines is 2. The molecule has 0 aromatic heterocycles. The number of sulfonamides is 1. The summed E-state index contributed by atoms with van der Waals surface area (Å²) in [7, 11) is -4.10. The lowest BCUT2D eigenvalue weighted by Gasteiger charge is -2.12. The molecule has 0 heterocycles. The summed E-state index contributed by atoms with van der Waals surface area (Å²) in [4.78, 5) is -0.524. The van der Waals surface area contributed by atoms with Crippen molar-refractivity contribution in [1.82, 2.24) is 0 Å². The number of rotatable bonds is 3. The van der Waals surface area contributed by atoms with Crippen molar-refractivity contribution in [2.45, 2.75) is 4.90 Å². The van der Waals surface area contributed by atoms with Crippen molar-refractivity contribution < 1.29 is 12.8 Å². The highest BCUT2D eigenvalue weighted by atomic mass is 79.9. The van der Waals surface area contributed by atoms with Crippen molar-refractivity contribution in [3.05, 3.63) is 49.6 Å². The number of hydrogen-bond donors (Lipinski definition) is 2. The number of benzene rings is 2. The monoisotopic (exact) mass is 500 g/mol. The molecule has 2 aromatic carbocycles. The lowest BCUT2D eigenvalue weighted by atomic mass is 10.3. The fraction of sp³-hybridized carbons (Fsp3) is 0. The van der Waals surface area contributed by atoms with E-state index in [0.29, 0.717) is 4.47 Å². The normalized spacial score (nSPS) is 11.4. The zero-order valence-corrected chi connectivity index (χ0v) is 15.8. The Kier molecular flexibility index (Phi) is 4.96. The molecule has 21 heavy (non-hydrogen) atoms. The summed E-state index contributed by atoms with van der Waals surface area (Å²) < 4.78 is 42.2. The van der Waals surface area contributed by atoms with Crippen LogP contribution in [0.4, 0.5) is 15.8 Å². The summed E-state index contributed by atoms with van der Waals surface area (Å²) in [6, 6.07) is 7.24. The van der Waals surface area contributed by atoms with Gasteiger partial charge in [-0.2, -0.15) is 0 Å². The van der Waals surface area contributed by atoms with Crippen LogP contribution in [0.5, 0.6) is 0 Å². The molecule has 0 aliphatic heterocycles. The molecule has 0 saturated carbocycles. The zero-order valence-electron chi connectivity index (χ0n) is 10.2. The molecule has 2 rings (SSSR count). The summed E-state index contributed by atoms with van der Waals surface area (Å²) in [5.41, 5.74) is 5.99. The highest BCUT2D eigenvalue weighted by Crippen LogP contribution is 2.31. The average Bonchev–Trinajstić information content (AvgIpc) is 2.37. The molecule has 0 saturated heterocycles. The lowest BCUT2D eigenvalue weighted by molar-refractivity contribution is 0.567. The maximum Gasteiger partial charge on any atom is 0.264 e. The first-order valence-corrected chi connectivity index (χ1v) is 9.29. The molecule has 0 fully saturated rings. The largest absolute Gasteiger partial charge is 0.399 e. The van der Waals surface area contributed by atoms with E-state index in [1.54, 1.807) is 18.2 Å². The minimum atomic E-state index is -4.10. The van der Waals surface area contributed by atoms with Crippen LogP contribution in [0, 0.1) is 5.82 Å². The smallest absolute Gasteiger partial charge is 0.264 e. The molecule has 0 aliphatic rings. The minimum absolute atomic E-state index is 0.0160. The SMILES string of the molecule is Nc1cc(Br)c(F)c(S(=O)(=O)Nc2ccc(Br)cc2Br)c1. The molecule has 0 bridgehead atoms. The van der Waals surface area contributed by atoms with Gasteiger partial charge in [0, 0.05) is 14.6 Å². The summed E-state index contributed by atoms with van der Waals surface area (Å²) >= 11 is 9.43. The van der Waals surface area contributed by atoms with Crippen LogP contribution in [0.2, 0.25) is 0 Å².